The first-order valence-electron chi connectivity index (χ1n) is 4.17. The van der Waals surface area contributed by atoms with Crippen LogP contribution in [0.25, 0.3) is 0 Å². The lowest BCUT2D eigenvalue weighted by atomic mass is 10.1. The Morgan fingerprint density at radius 3 is 2.33 bits per heavy atom. The van der Waals surface area contributed by atoms with Crippen molar-refractivity contribution in [1.82, 2.24) is 5.32 Å². The van der Waals surface area contributed by atoms with E-state index in [0.29, 0.717) is 0 Å². The lowest BCUT2D eigenvalue weighted by molar-refractivity contribution is 0.868. The van der Waals surface area contributed by atoms with E-state index in [1.165, 1.54) is 0 Å². The van der Waals surface area contributed by atoms with Crippen LogP contribution in [0.2, 0.25) is 0 Å². The molecular formula is C9H19N3. The summed E-state index contributed by atoms with van der Waals surface area (Å²) in [6.07, 6.45) is 2.77. The van der Waals surface area contributed by atoms with Crippen LogP contribution in [-0.2, 0) is 0 Å². The Morgan fingerprint density at radius 2 is 2.00 bits per heavy atom. The van der Waals surface area contributed by atoms with Gasteiger partial charge < -0.3 is 16.8 Å². The van der Waals surface area contributed by atoms with Crippen LogP contribution in [0.4, 0.5) is 0 Å². The van der Waals surface area contributed by atoms with Gasteiger partial charge >= 0.3 is 0 Å². The summed E-state index contributed by atoms with van der Waals surface area (Å²) in [4.78, 5) is 0. The smallest absolute Gasteiger partial charge is 0.0220 e. The topological polar surface area (TPSA) is 64.1 Å². The Kier molecular flexibility index (Phi) is 5.21. The molecule has 0 aliphatic carbocycles. The third-order valence-corrected chi connectivity index (χ3v) is 1.56. The second-order valence-electron chi connectivity index (χ2n) is 2.82. The fourth-order valence-electron chi connectivity index (χ4n) is 0.950. The minimum absolute atomic E-state index is 0.772. The van der Waals surface area contributed by atoms with Gasteiger partial charge in [0.05, 0.1) is 0 Å². The Hall–Kier alpha value is -0.960. The molecule has 70 valence electrons. The summed E-state index contributed by atoms with van der Waals surface area (Å²) in [7, 11) is 1.89. The van der Waals surface area contributed by atoms with Gasteiger partial charge in [0.25, 0.3) is 0 Å². The monoisotopic (exact) mass is 169 g/mol. The van der Waals surface area contributed by atoms with Crippen molar-refractivity contribution in [3.05, 3.63) is 23.0 Å². The summed E-state index contributed by atoms with van der Waals surface area (Å²) in [5, 5.41) is 3.05. The summed E-state index contributed by atoms with van der Waals surface area (Å²) in [5.41, 5.74) is 14.1. The minimum atomic E-state index is 0.772. The summed E-state index contributed by atoms with van der Waals surface area (Å²) >= 11 is 0. The molecule has 0 spiro atoms. The molecule has 3 heteroatoms. The fourth-order valence-corrected chi connectivity index (χ4v) is 0.950. The molecule has 5 N–H and O–H groups in total. The second-order valence-corrected chi connectivity index (χ2v) is 2.82. The quantitative estimate of drug-likeness (QED) is 0.543. The molecule has 0 atom stereocenters. The zero-order chi connectivity index (χ0) is 9.56. The number of hydrogen-bond acceptors (Lipinski definition) is 3. The highest BCUT2D eigenvalue weighted by Crippen LogP contribution is 2.04. The Labute approximate surface area is 74.5 Å². The number of allylic oxidation sites excluding steroid dienone is 2. The van der Waals surface area contributed by atoms with E-state index in [4.69, 9.17) is 11.5 Å². The highest BCUT2D eigenvalue weighted by atomic mass is 14.8. The first-order valence-corrected chi connectivity index (χ1v) is 4.17. The van der Waals surface area contributed by atoms with E-state index < -0.39 is 0 Å². The zero-order valence-electron chi connectivity index (χ0n) is 8.15. The normalized spacial score (nSPS) is 14.4. The predicted octanol–water partition coefficient (Wildman–Crippen LogP) is 0.691. The molecular weight excluding hydrogens is 150 g/mol. The molecule has 12 heavy (non-hydrogen) atoms. The third kappa shape index (κ3) is 4.03. The maximum Gasteiger partial charge on any atom is 0.0220 e. The molecule has 0 unspecified atom stereocenters. The Bertz CT molecular complexity index is 188. The van der Waals surface area contributed by atoms with Crippen LogP contribution in [0.15, 0.2) is 23.0 Å². The molecule has 0 amide bonds. The number of nitrogens with one attached hydrogen (secondary N) is 1. The third-order valence-electron chi connectivity index (χ3n) is 1.56. The van der Waals surface area contributed by atoms with E-state index in [0.717, 1.165) is 29.9 Å². The molecule has 0 aliphatic rings. The number of nitrogens with two attached hydrogens (primary N) is 2. The van der Waals surface area contributed by atoms with E-state index in [1.54, 1.807) is 0 Å². The molecule has 0 radical (unpaired) electrons. The molecule has 0 fully saturated rings. The summed E-state index contributed by atoms with van der Waals surface area (Å²) in [6.45, 7) is 4.66. The fraction of sp³-hybridized carbons (Fsp3) is 0.556. The Morgan fingerprint density at radius 1 is 1.42 bits per heavy atom. The molecule has 3 nitrogen and oxygen atoms in total. The van der Waals surface area contributed by atoms with Crippen LogP contribution in [0.1, 0.15) is 20.3 Å². The van der Waals surface area contributed by atoms with E-state index in [-0.39, 0.29) is 0 Å². The van der Waals surface area contributed by atoms with Crippen molar-refractivity contribution in [3.8, 4) is 0 Å². The molecule has 0 aromatic heterocycles. The van der Waals surface area contributed by atoms with Crippen molar-refractivity contribution >= 4 is 0 Å². The first kappa shape index (κ1) is 11.0. The van der Waals surface area contributed by atoms with Crippen LogP contribution in [-0.4, -0.2) is 13.6 Å². The number of likely N-dealkylation sites (N-methyl/N-ethyl adjacent to an activating group) is 1. The number of rotatable bonds is 4. The molecule has 0 saturated heterocycles. The highest BCUT2D eigenvalue weighted by Gasteiger charge is 1.97. The number of hydrogen-bond donors (Lipinski definition) is 3. The van der Waals surface area contributed by atoms with Crippen molar-refractivity contribution in [3.63, 3.8) is 0 Å². The highest BCUT2D eigenvalue weighted by molar-refractivity contribution is 5.27. The van der Waals surface area contributed by atoms with Crippen LogP contribution >= 0.6 is 0 Å². The molecule has 0 heterocycles. The molecule has 0 aromatic carbocycles. The van der Waals surface area contributed by atoms with Crippen LogP contribution < -0.4 is 16.8 Å². The molecule has 0 bridgehead atoms. The largest absolute Gasteiger partial charge is 0.402 e. The van der Waals surface area contributed by atoms with E-state index >= 15 is 0 Å². The summed E-state index contributed by atoms with van der Waals surface area (Å²) < 4.78 is 0. The molecule has 0 aromatic rings. The van der Waals surface area contributed by atoms with Gasteiger partial charge in [-0.25, -0.2) is 0 Å². The average molecular weight is 169 g/mol. The van der Waals surface area contributed by atoms with Gasteiger partial charge in [-0.05, 0) is 32.0 Å². The van der Waals surface area contributed by atoms with Crippen LogP contribution in [0, 0.1) is 0 Å². The summed E-state index contributed by atoms with van der Waals surface area (Å²) in [6, 6.07) is 0. The molecule has 0 saturated carbocycles. The van der Waals surface area contributed by atoms with Crippen molar-refractivity contribution in [2.24, 2.45) is 11.5 Å². The lowest BCUT2D eigenvalue weighted by Gasteiger charge is -2.06. The van der Waals surface area contributed by atoms with Gasteiger partial charge in [0.2, 0.25) is 0 Å². The zero-order valence-corrected chi connectivity index (χ0v) is 8.15. The minimum Gasteiger partial charge on any atom is -0.402 e. The van der Waals surface area contributed by atoms with Gasteiger partial charge in [-0.15, -0.1) is 0 Å². The van der Waals surface area contributed by atoms with E-state index in [9.17, 15) is 0 Å². The Balaban J connectivity index is 4.54. The van der Waals surface area contributed by atoms with Crippen molar-refractivity contribution in [2.75, 3.05) is 13.6 Å². The lowest BCUT2D eigenvalue weighted by Crippen LogP contribution is -2.14. The van der Waals surface area contributed by atoms with Gasteiger partial charge in [0, 0.05) is 17.9 Å². The first-order chi connectivity index (χ1) is 5.61. The summed E-state index contributed by atoms with van der Waals surface area (Å²) in [5.74, 6) is 0. The SMILES string of the molecule is CC/C(N)=C(\C=C(/C)N)CNC. The van der Waals surface area contributed by atoms with E-state index in [1.807, 2.05) is 27.0 Å². The van der Waals surface area contributed by atoms with Crippen LogP contribution in [0.3, 0.4) is 0 Å². The molecule has 0 rings (SSSR count). The van der Waals surface area contributed by atoms with Gasteiger partial charge in [-0.1, -0.05) is 6.92 Å². The maximum atomic E-state index is 5.79. The maximum absolute atomic E-state index is 5.79. The standard InChI is InChI=1S/C9H19N3/c1-4-9(11)8(6-12-3)5-7(2)10/h5,12H,4,6,10-11H2,1-3H3/b7-5+,9-8-. The van der Waals surface area contributed by atoms with Gasteiger partial charge in [-0.2, -0.15) is 0 Å². The van der Waals surface area contributed by atoms with Gasteiger partial charge in [0.15, 0.2) is 0 Å². The second kappa shape index (κ2) is 5.66. The van der Waals surface area contributed by atoms with Gasteiger partial charge in [-0.3, -0.25) is 0 Å². The predicted molar refractivity (Wildman–Crippen MR) is 53.4 cm³/mol. The van der Waals surface area contributed by atoms with Crippen molar-refractivity contribution in [2.45, 2.75) is 20.3 Å². The van der Waals surface area contributed by atoms with Crippen molar-refractivity contribution in [1.29, 1.82) is 0 Å². The average Bonchev–Trinajstić information content (AvgIpc) is 2.01. The van der Waals surface area contributed by atoms with Crippen molar-refractivity contribution < 1.29 is 0 Å². The van der Waals surface area contributed by atoms with Gasteiger partial charge in [0.1, 0.15) is 0 Å². The molecule has 0 aliphatic heterocycles. The van der Waals surface area contributed by atoms with E-state index in [2.05, 4.69) is 5.32 Å². The van der Waals surface area contributed by atoms with Crippen LogP contribution in [0.5, 0.6) is 0 Å².